The van der Waals surface area contributed by atoms with Crippen LogP contribution in [0.1, 0.15) is 24.0 Å². The first kappa shape index (κ1) is 9.53. The highest BCUT2D eigenvalue weighted by Gasteiger charge is 2.26. The minimum absolute atomic E-state index is 0.133. The van der Waals surface area contributed by atoms with Gasteiger partial charge in [-0.15, -0.1) is 0 Å². The molecule has 2 heteroatoms. The van der Waals surface area contributed by atoms with Crippen LogP contribution in [0, 0.1) is 6.92 Å². The zero-order chi connectivity index (χ0) is 10.1. The molecule has 1 saturated carbocycles. The Kier molecular flexibility index (Phi) is 2.46. The summed E-state index contributed by atoms with van der Waals surface area (Å²) in [6, 6.07) is 6.92. The topological polar surface area (TPSA) is 23.5 Å². The number of rotatable bonds is 3. The van der Waals surface area contributed by atoms with Gasteiger partial charge in [0, 0.05) is 18.8 Å². The zero-order valence-electron chi connectivity index (χ0n) is 8.83. The monoisotopic (exact) mass is 191 g/mol. The summed E-state index contributed by atoms with van der Waals surface area (Å²) in [5.41, 5.74) is 3.55. The summed E-state index contributed by atoms with van der Waals surface area (Å²) in [4.78, 5) is 2.34. The highest BCUT2D eigenvalue weighted by molar-refractivity contribution is 5.55. The van der Waals surface area contributed by atoms with E-state index in [0.29, 0.717) is 0 Å². The van der Waals surface area contributed by atoms with Gasteiger partial charge in [0.15, 0.2) is 0 Å². The average Bonchev–Trinajstić information content (AvgIpc) is 3.00. The molecule has 1 aliphatic carbocycles. The first-order valence-electron chi connectivity index (χ1n) is 5.15. The molecule has 1 N–H and O–H groups in total. The SMILES string of the molecule is Cc1cc(CO)ccc1N(C)C1CC1. The van der Waals surface area contributed by atoms with Crippen molar-refractivity contribution in [2.24, 2.45) is 0 Å². The van der Waals surface area contributed by atoms with Crippen LogP contribution in [0.5, 0.6) is 0 Å². The standard InChI is InChI=1S/C12H17NO/c1-9-7-10(8-14)3-6-12(9)13(2)11-4-5-11/h3,6-7,11,14H,4-5,8H2,1-2H3. The fourth-order valence-electron chi connectivity index (χ4n) is 1.87. The molecule has 0 aliphatic heterocycles. The summed E-state index contributed by atoms with van der Waals surface area (Å²) >= 11 is 0. The molecule has 0 spiro atoms. The van der Waals surface area contributed by atoms with Crippen LogP contribution in [0.2, 0.25) is 0 Å². The largest absolute Gasteiger partial charge is 0.392 e. The number of nitrogens with zero attached hydrogens (tertiary/aromatic N) is 1. The smallest absolute Gasteiger partial charge is 0.0681 e. The lowest BCUT2D eigenvalue weighted by atomic mass is 10.1. The molecule has 0 radical (unpaired) electrons. The third-order valence-electron chi connectivity index (χ3n) is 2.92. The Labute approximate surface area is 85.2 Å². The number of hydrogen-bond donors (Lipinski definition) is 1. The first-order valence-corrected chi connectivity index (χ1v) is 5.15. The maximum atomic E-state index is 9.00. The Morgan fingerprint density at radius 1 is 1.43 bits per heavy atom. The second kappa shape index (κ2) is 3.62. The van der Waals surface area contributed by atoms with Gasteiger partial charge in [-0.3, -0.25) is 0 Å². The predicted molar refractivity (Wildman–Crippen MR) is 58.5 cm³/mol. The maximum absolute atomic E-state index is 9.00. The van der Waals surface area contributed by atoms with Crippen molar-refractivity contribution in [1.29, 1.82) is 0 Å². The van der Waals surface area contributed by atoms with E-state index in [2.05, 4.69) is 31.0 Å². The van der Waals surface area contributed by atoms with Crippen LogP contribution in [0.4, 0.5) is 5.69 Å². The minimum atomic E-state index is 0.133. The van der Waals surface area contributed by atoms with Crippen LogP contribution in [0.25, 0.3) is 0 Å². The van der Waals surface area contributed by atoms with Crippen molar-refractivity contribution in [1.82, 2.24) is 0 Å². The average molecular weight is 191 g/mol. The van der Waals surface area contributed by atoms with Gasteiger partial charge >= 0.3 is 0 Å². The maximum Gasteiger partial charge on any atom is 0.0681 e. The molecular weight excluding hydrogens is 174 g/mol. The Hall–Kier alpha value is -1.02. The molecule has 0 aromatic heterocycles. The molecule has 1 fully saturated rings. The second-order valence-corrected chi connectivity index (χ2v) is 4.12. The molecule has 76 valence electrons. The lowest BCUT2D eigenvalue weighted by Gasteiger charge is -2.21. The summed E-state index contributed by atoms with van der Waals surface area (Å²) in [6.07, 6.45) is 2.63. The summed E-state index contributed by atoms with van der Waals surface area (Å²) in [6.45, 7) is 2.24. The van der Waals surface area contributed by atoms with Crippen molar-refractivity contribution < 1.29 is 5.11 Å². The Balaban J connectivity index is 2.24. The fraction of sp³-hybridized carbons (Fsp3) is 0.500. The molecule has 1 aromatic rings. The molecule has 0 saturated heterocycles. The van der Waals surface area contributed by atoms with Crippen LogP contribution in [-0.2, 0) is 6.61 Å². The van der Waals surface area contributed by atoms with Gasteiger partial charge in [-0.1, -0.05) is 12.1 Å². The van der Waals surface area contributed by atoms with E-state index in [1.165, 1.54) is 24.1 Å². The van der Waals surface area contributed by atoms with Gasteiger partial charge in [0.05, 0.1) is 6.61 Å². The quantitative estimate of drug-likeness (QED) is 0.790. The molecule has 2 rings (SSSR count). The van der Waals surface area contributed by atoms with Gasteiger partial charge in [-0.2, -0.15) is 0 Å². The van der Waals surface area contributed by atoms with Crippen LogP contribution in [0.15, 0.2) is 18.2 Å². The normalized spacial score (nSPS) is 15.6. The third-order valence-corrected chi connectivity index (χ3v) is 2.92. The molecule has 0 atom stereocenters. The Morgan fingerprint density at radius 2 is 2.14 bits per heavy atom. The summed E-state index contributed by atoms with van der Waals surface area (Å²) < 4.78 is 0. The van der Waals surface area contributed by atoms with Crippen LogP contribution >= 0.6 is 0 Å². The molecule has 0 amide bonds. The van der Waals surface area contributed by atoms with E-state index in [1.807, 2.05) is 6.07 Å². The zero-order valence-corrected chi connectivity index (χ0v) is 8.83. The molecule has 14 heavy (non-hydrogen) atoms. The van der Waals surface area contributed by atoms with Gasteiger partial charge in [-0.05, 0) is 37.0 Å². The van der Waals surface area contributed by atoms with Crippen LogP contribution in [-0.4, -0.2) is 18.2 Å². The van der Waals surface area contributed by atoms with Crippen LogP contribution < -0.4 is 4.90 Å². The second-order valence-electron chi connectivity index (χ2n) is 4.12. The lowest BCUT2D eigenvalue weighted by molar-refractivity contribution is 0.282. The fourth-order valence-corrected chi connectivity index (χ4v) is 1.87. The lowest BCUT2D eigenvalue weighted by Crippen LogP contribution is -2.20. The van der Waals surface area contributed by atoms with Gasteiger partial charge in [0.25, 0.3) is 0 Å². The van der Waals surface area contributed by atoms with Gasteiger partial charge in [-0.25, -0.2) is 0 Å². The number of hydrogen-bond acceptors (Lipinski definition) is 2. The molecule has 1 aromatic carbocycles. The van der Waals surface area contributed by atoms with Crippen molar-refractivity contribution in [2.75, 3.05) is 11.9 Å². The van der Waals surface area contributed by atoms with E-state index >= 15 is 0 Å². The number of aryl methyl sites for hydroxylation is 1. The van der Waals surface area contributed by atoms with Crippen molar-refractivity contribution in [3.8, 4) is 0 Å². The highest BCUT2D eigenvalue weighted by Crippen LogP contribution is 2.32. The summed E-state index contributed by atoms with van der Waals surface area (Å²) in [5, 5.41) is 9.00. The van der Waals surface area contributed by atoms with E-state index in [4.69, 9.17) is 5.11 Å². The number of benzene rings is 1. The number of aliphatic hydroxyl groups is 1. The van der Waals surface area contributed by atoms with Crippen molar-refractivity contribution in [3.63, 3.8) is 0 Å². The predicted octanol–water partition coefficient (Wildman–Crippen LogP) is 2.09. The summed E-state index contributed by atoms with van der Waals surface area (Å²) in [5.74, 6) is 0. The Bertz CT molecular complexity index is 331. The van der Waals surface area contributed by atoms with Crippen LogP contribution in [0.3, 0.4) is 0 Å². The van der Waals surface area contributed by atoms with E-state index in [1.54, 1.807) is 0 Å². The molecule has 2 nitrogen and oxygen atoms in total. The number of anilines is 1. The molecule has 0 unspecified atom stereocenters. The van der Waals surface area contributed by atoms with Crippen molar-refractivity contribution in [2.45, 2.75) is 32.4 Å². The third kappa shape index (κ3) is 1.75. The summed E-state index contributed by atoms with van der Waals surface area (Å²) in [7, 11) is 2.15. The van der Waals surface area contributed by atoms with Gasteiger partial charge in [0.1, 0.15) is 0 Å². The van der Waals surface area contributed by atoms with Crippen molar-refractivity contribution in [3.05, 3.63) is 29.3 Å². The first-order chi connectivity index (χ1) is 6.72. The van der Waals surface area contributed by atoms with Gasteiger partial charge in [0.2, 0.25) is 0 Å². The van der Waals surface area contributed by atoms with E-state index in [0.717, 1.165) is 11.6 Å². The van der Waals surface area contributed by atoms with E-state index < -0.39 is 0 Å². The molecular formula is C12H17NO. The molecule has 1 aliphatic rings. The van der Waals surface area contributed by atoms with E-state index in [9.17, 15) is 0 Å². The minimum Gasteiger partial charge on any atom is -0.392 e. The Morgan fingerprint density at radius 3 is 2.64 bits per heavy atom. The highest BCUT2D eigenvalue weighted by atomic mass is 16.3. The van der Waals surface area contributed by atoms with Crippen molar-refractivity contribution >= 4 is 5.69 Å². The van der Waals surface area contributed by atoms with E-state index in [-0.39, 0.29) is 6.61 Å². The van der Waals surface area contributed by atoms with Gasteiger partial charge < -0.3 is 10.0 Å². The number of aliphatic hydroxyl groups excluding tert-OH is 1. The molecule has 0 heterocycles. The molecule has 0 bridgehead atoms.